The van der Waals surface area contributed by atoms with Gasteiger partial charge in [0.25, 0.3) is 0 Å². The van der Waals surface area contributed by atoms with E-state index in [0.29, 0.717) is 6.54 Å². The zero-order valence-electron chi connectivity index (χ0n) is 9.48. The molecule has 88 valence electrons. The maximum absolute atomic E-state index is 11.2. The number of rotatable bonds is 5. The summed E-state index contributed by atoms with van der Waals surface area (Å²) in [6, 6.07) is 9.59. The topological polar surface area (TPSA) is 64.3 Å². The Morgan fingerprint density at radius 2 is 2.12 bits per heavy atom. The highest BCUT2D eigenvalue weighted by Crippen LogP contribution is 1.97. The molecule has 0 aliphatic heterocycles. The van der Waals surface area contributed by atoms with Gasteiger partial charge < -0.3 is 15.8 Å². The third-order valence-corrected chi connectivity index (χ3v) is 2.23. The van der Waals surface area contributed by atoms with Crippen LogP contribution >= 0.6 is 0 Å². The van der Waals surface area contributed by atoms with E-state index in [1.165, 1.54) is 0 Å². The van der Waals surface area contributed by atoms with Crippen LogP contribution in [-0.2, 0) is 11.3 Å². The molecule has 16 heavy (non-hydrogen) atoms. The normalized spacial score (nSPS) is 11.9. The van der Waals surface area contributed by atoms with E-state index in [1.807, 2.05) is 37.3 Å². The molecule has 0 aliphatic rings. The second-order valence-corrected chi connectivity index (χ2v) is 3.61. The molecule has 0 fully saturated rings. The van der Waals surface area contributed by atoms with Crippen LogP contribution in [0.15, 0.2) is 30.3 Å². The van der Waals surface area contributed by atoms with Crippen LogP contribution in [0.5, 0.6) is 0 Å². The smallest absolute Gasteiger partial charge is 0.407 e. The van der Waals surface area contributed by atoms with E-state index in [4.69, 9.17) is 10.5 Å². The highest BCUT2D eigenvalue weighted by molar-refractivity contribution is 5.67. The lowest BCUT2D eigenvalue weighted by Gasteiger charge is -2.10. The fourth-order valence-corrected chi connectivity index (χ4v) is 1.12. The van der Waals surface area contributed by atoms with E-state index >= 15 is 0 Å². The van der Waals surface area contributed by atoms with Gasteiger partial charge >= 0.3 is 6.09 Å². The molecule has 1 aromatic rings. The fourth-order valence-electron chi connectivity index (χ4n) is 1.12. The lowest BCUT2D eigenvalue weighted by Crippen LogP contribution is -2.31. The van der Waals surface area contributed by atoms with Crippen molar-refractivity contribution >= 4 is 6.09 Å². The van der Waals surface area contributed by atoms with Gasteiger partial charge in [-0.05, 0) is 12.0 Å². The molecule has 0 saturated heterocycles. The van der Waals surface area contributed by atoms with Crippen molar-refractivity contribution in [1.82, 2.24) is 5.32 Å². The average molecular weight is 222 g/mol. The van der Waals surface area contributed by atoms with E-state index in [0.717, 1.165) is 12.0 Å². The van der Waals surface area contributed by atoms with Crippen LogP contribution in [0, 0.1) is 0 Å². The maximum atomic E-state index is 11.2. The number of carbonyl (C=O) groups excluding carboxylic acids is 1. The minimum absolute atomic E-state index is 0.0810. The van der Waals surface area contributed by atoms with Gasteiger partial charge in [-0.2, -0.15) is 0 Å². The molecule has 4 nitrogen and oxygen atoms in total. The number of ether oxygens (including phenoxy) is 1. The largest absolute Gasteiger partial charge is 0.448 e. The van der Waals surface area contributed by atoms with E-state index < -0.39 is 6.09 Å². The van der Waals surface area contributed by atoms with Gasteiger partial charge in [-0.25, -0.2) is 4.79 Å². The Kier molecular flexibility index (Phi) is 5.36. The van der Waals surface area contributed by atoms with Crippen LogP contribution in [0.3, 0.4) is 0 Å². The number of nitrogens with one attached hydrogen (secondary N) is 1. The molecule has 1 amide bonds. The first-order chi connectivity index (χ1) is 7.72. The van der Waals surface area contributed by atoms with Crippen molar-refractivity contribution in [3.05, 3.63) is 35.9 Å². The van der Waals surface area contributed by atoms with Gasteiger partial charge in [0.05, 0.1) is 0 Å². The summed E-state index contributed by atoms with van der Waals surface area (Å²) < 4.78 is 4.94. The highest BCUT2D eigenvalue weighted by atomic mass is 16.5. The number of benzene rings is 1. The number of hydrogen-bond donors (Lipinski definition) is 2. The lowest BCUT2D eigenvalue weighted by atomic mass is 10.2. The van der Waals surface area contributed by atoms with Crippen molar-refractivity contribution in [2.45, 2.75) is 25.9 Å². The first-order valence-corrected chi connectivity index (χ1v) is 5.42. The number of hydrogen-bond acceptors (Lipinski definition) is 3. The van der Waals surface area contributed by atoms with Crippen molar-refractivity contribution in [1.29, 1.82) is 0 Å². The molecule has 1 rings (SSSR count). The van der Waals surface area contributed by atoms with Crippen molar-refractivity contribution in [3.63, 3.8) is 0 Å². The van der Waals surface area contributed by atoms with Gasteiger partial charge in [0, 0.05) is 12.6 Å². The van der Waals surface area contributed by atoms with E-state index in [2.05, 4.69) is 5.32 Å². The quantitative estimate of drug-likeness (QED) is 0.796. The first kappa shape index (κ1) is 12.5. The fraction of sp³-hybridized carbons (Fsp3) is 0.417. The summed E-state index contributed by atoms with van der Waals surface area (Å²) in [7, 11) is 0. The van der Waals surface area contributed by atoms with Crippen LogP contribution < -0.4 is 11.1 Å². The minimum atomic E-state index is -0.423. The molecule has 0 bridgehead atoms. The number of amides is 1. The first-order valence-electron chi connectivity index (χ1n) is 5.42. The van der Waals surface area contributed by atoms with Gasteiger partial charge in [0.2, 0.25) is 0 Å². The zero-order valence-corrected chi connectivity index (χ0v) is 9.48. The van der Waals surface area contributed by atoms with Gasteiger partial charge in [0.1, 0.15) is 6.61 Å². The van der Waals surface area contributed by atoms with Crippen LogP contribution in [0.4, 0.5) is 4.79 Å². The minimum Gasteiger partial charge on any atom is -0.448 e. The van der Waals surface area contributed by atoms with Crippen LogP contribution in [0.2, 0.25) is 0 Å². The molecule has 4 heteroatoms. The van der Waals surface area contributed by atoms with E-state index in [-0.39, 0.29) is 12.6 Å². The Bertz CT molecular complexity index is 314. The summed E-state index contributed by atoms with van der Waals surface area (Å²) in [5.41, 5.74) is 6.66. The zero-order chi connectivity index (χ0) is 11.8. The Labute approximate surface area is 95.8 Å². The van der Waals surface area contributed by atoms with E-state index in [1.54, 1.807) is 0 Å². The SMILES string of the molecule is CC[C@H](N)COC(=O)NCc1ccccc1. The molecule has 1 aromatic carbocycles. The second-order valence-electron chi connectivity index (χ2n) is 3.61. The Hall–Kier alpha value is -1.55. The van der Waals surface area contributed by atoms with Gasteiger partial charge in [0.15, 0.2) is 0 Å². The van der Waals surface area contributed by atoms with Crippen LogP contribution in [0.25, 0.3) is 0 Å². The molecule has 3 N–H and O–H groups in total. The van der Waals surface area contributed by atoms with Gasteiger partial charge in [-0.3, -0.25) is 0 Å². The monoisotopic (exact) mass is 222 g/mol. The third kappa shape index (κ3) is 4.79. The van der Waals surface area contributed by atoms with Crippen molar-refractivity contribution in [3.8, 4) is 0 Å². The Balaban J connectivity index is 2.20. The predicted octanol–water partition coefficient (Wildman–Crippen LogP) is 1.65. The maximum Gasteiger partial charge on any atom is 0.407 e. The summed E-state index contributed by atoms with van der Waals surface area (Å²) in [5.74, 6) is 0. The molecule has 0 saturated carbocycles. The predicted molar refractivity (Wildman–Crippen MR) is 62.9 cm³/mol. The lowest BCUT2D eigenvalue weighted by molar-refractivity contribution is 0.138. The summed E-state index contributed by atoms with van der Waals surface area (Å²) >= 11 is 0. The summed E-state index contributed by atoms with van der Waals surface area (Å²) in [6.07, 6.45) is 0.374. The van der Waals surface area contributed by atoms with Gasteiger partial charge in [-0.1, -0.05) is 37.3 Å². The second kappa shape index (κ2) is 6.85. The molecule has 1 atom stereocenters. The molecule has 0 heterocycles. The van der Waals surface area contributed by atoms with Crippen LogP contribution in [-0.4, -0.2) is 18.7 Å². The number of carbonyl (C=O) groups is 1. The molecule has 0 aliphatic carbocycles. The Morgan fingerprint density at radius 1 is 1.44 bits per heavy atom. The summed E-state index contributed by atoms with van der Waals surface area (Å²) in [6.45, 7) is 2.69. The summed E-state index contributed by atoms with van der Waals surface area (Å²) in [5, 5.41) is 2.66. The molecule has 0 radical (unpaired) electrons. The van der Waals surface area contributed by atoms with Crippen molar-refractivity contribution in [2.24, 2.45) is 5.73 Å². The molecular formula is C12H18N2O2. The molecular weight excluding hydrogens is 204 g/mol. The van der Waals surface area contributed by atoms with Crippen LogP contribution in [0.1, 0.15) is 18.9 Å². The third-order valence-electron chi connectivity index (χ3n) is 2.23. The van der Waals surface area contributed by atoms with E-state index in [9.17, 15) is 4.79 Å². The van der Waals surface area contributed by atoms with Crippen molar-refractivity contribution in [2.75, 3.05) is 6.61 Å². The highest BCUT2D eigenvalue weighted by Gasteiger charge is 2.04. The van der Waals surface area contributed by atoms with Crippen molar-refractivity contribution < 1.29 is 9.53 Å². The molecule has 0 spiro atoms. The standard InChI is InChI=1S/C12H18N2O2/c1-2-11(13)9-16-12(15)14-8-10-6-4-3-5-7-10/h3-7,11H,2,8-9,13H2,1H3,(H,14,15)/t11-/m0/s1. The Morgan fingerprint density at radius 3 is 2.75 bits per heavy atom. The molecule has 0 aromatic heterocycles. The summed E-state index contributed by atoms with van der Waals surface area (Å²) in [4.78, 5) is 11.2. The number of nitrogens with two attached hydrogens (primary N) is 1. The number of alkyl carbamates (subject to hydrolysis) is 1. The van der Waals surface area contributed by atoms with Gasteiger partial charge in [-0.15, -0.1) is 0 Å². The molecule has 0 unspecified atom stereocenters. The average Bonchev–Trinajstić information content (AvgIpc) is 2.34.